The van der Waals surface area contributed by atoms with Gasteiger partial charge in [-0.3, -0.25) is 4.79 Å². The highest BCUT2D eigenvalue weighted by Gasteiger charge is 2.28. The van der Waals surface area contributed by atoms with E-state index in [0.29, 0.717) is 11.6 Å². The van der Waals surface area contributed by atoms with E-state index in [1.54, 1.807) is 37.4 Å². The lowest BCUT2D eigenvalue weighted by molar-refractivity contribution is -0.127. The molecular formula is C15H19ClN2O2. The molecule has 2 unspecified atom stereocenters. The van der Waals surface area contributed by atoms with Crippen molar-refractivity contribution in [3.63, 3.8) is 0 Å². The van der Waals surface area contributed by atoms with E-state index in [2.05, 4.69) is 4.98 Å². The number of carbonyl (C=O) groups is 1. The van der Waals surface area contributed by atoms with Crippen molar-refractivity contribution < 1.29 is 9.90 Å². The van der Waals surface area contributed by atoms with E-state index in [-0.39, 0.29) is 18.1 Å². The van der Waals surface area contributed by atoms with Crippen molar-refractivity contribution in [1.29, 1.82) is 0 Å². The molecule has 1 amide bonds. The van der Waals surface area contributed by atoms with Gasteiger partial charge in [-0.25, -0.2) is 4.98 Å². The van der Waals surface area contributed by atoms with Gasteiger partial charge in [-0.2, -0.15) is 0 Å². The highest BCUT2D eigenvalue weighted by Crippen LogP contribution is 2.22. The van der Waals surface area contributed by atoms with Crippen molar-refractivity contribution >= 4 is 23.6 Å². The molecule has 0 radical (unpaired) electrons. The molecule has 0 aromatic carbocycles. The molecule has 0 spiro atoms. The van der Waals surface area contributed by atoms with Gasteiger partial charge in [-0.05, 0) is 50.0 Å². The van der Waals surface area contributed by atoms with E-state index in [1.807, 2.05) is 4.90 Å². The first-order chi connectivity index (χ1) is 9.56. The SMILES string of the molecule is CC(O)CC1CCCN1C(=O)/C=C/c1ccnc(Cl)c1. The predicted octanol–water partition coefficient (Wildman–Crippen LogP) is 2.51. The number of hydrogen-bond acceptors (Lipinski definition) is 3. The Kier molecular flexibility index (Phi) is 5.15. The summed E-state index contributed by atoms with van der Waals surface area (Å²) >= 11 is 5.80. The number of hydrogen-bond donors (Lipinski definition) is 1. The minimum absolute atomic E-state index is 0.0129. The van der Waals surface area contributed by atoms with Gasteiger partial charge in [0.2, 0.25) is 5.91 Å². The van der Waals surface area contributed by atoms with Crippen molar-refractivity contribution in [1.82, 2.24) is 9.88 Å². The lowest BCUT2D eigenvalue weighted by Gasteiger charge is -2.24. The zero-order chi connectivity index (χ0) is 14.5. The van der Waals surface area contributed by atoms with Crippen LogP contribution < -0.4 is 0 Å². The predicted molar refractivity (Wildman–Crippen MR) is 79.3 cm³/mol. The molecule has 2 atom stereocenters. The van der Waals surface area contributed by atoms with E-state index in [9.17, 15) is 9.90 Å². The highest BCUT2D eigenvalue weighted by atomic mass is 35.5. The minimum atomic E-state index is -0.378. The molecule has 0 aliphatic carbocycles. The first-order valence-electron chi connectivity index (χ1n) is 6.84. The number of aliphatic hydroxyl groups is 1. The van der Waals surface area contributed by atoms with Crippen LogP contribution in [-0.4, -0.2) is 39.6 Å². The topological polar surface area (TPSA) is 53.4 Å². The molecule has 2 heterocycles. The fourth-order valence-electron chi connectivity index (χ4n) is 2.55. The average Bonchev–Trinajstić information content (AvgIpc) is 2.83. The van der Waals surface area contributed by atoms with Crippen LogP contribution in [0.15, 0.2) is 24.4 Å². The zero-order valence-electron chi connectivity index (χ0n) is 11.5. The molecule has 0 bridgehead atoms. The van der Waals surface area contributed by atoms with Crippen LogP contribution in [0.5, 0.6) is 0 Å². The quantitative estimate of drug-likeness (QED) is 0.686. The molecule has 1 saturated heterocycles. The number of pyridine rings is 1. The van der Waals surface area contributed by atoms with E-state index in [0.717, 1.165) is 24.9 Å². The van der Waals surface area contributed by atoms with Crippen LogP contribution >= 0.6 is 11.6 Å². The third-order valence-corrected chi connectivity index (χ3v) is 3.65. The molecular weight excluding hydrogens is 276 g/mol. The van der Waals surface area contributed by atoms with Crippen molar-refractivity contribution in [2.75, 3.05) is 6.54 Å². The first kappa shape index (κ1) is 15.0. The maximum Gasteiger partial charge on any atom is 0.246 e. The molecule has 2 rings (SSSR count). The Morgan fingerprint density at radius 1 is 1.70 bits per heavy atom. The Bertz CT molecular complexity index is 502. The van der Waals surface area contributed by atoms with Gasteiger partial charge in [0.05, 0.1) is 6.10 Å². The fourth-order valence-corrected chi connectivity index (χ4v) is 2.73. The molecule has 1 fully saturated rings. The maximum absolute atomic E-state index is 12.2. The number of carbonyl (C=O) groups excluding carboxylic acids is 1. The number of halogens is 1. The van der Waals surface area contributed by atoms with Gasteiger partial charge in [0.25, 0.3) is 0 Å². The summed E-state index contributed by atoms with van der Waals surface area (Å²) in [6, 6.07) is 3.66. The van der Waals surface area contributed by atoms with Crippen molar-refractivity contribution in [3.05, 3.63) is 35.1 Å². The normalized spacial score (nSPS) is 20.6. The summed E-state index contributed by atoms with van der Waals surface area (Å²) in [7, 11) is 0. The Morgan fingerprint density at radius 3 is 3.20 bits per heavy atom. The third-order valence-electron chi connectivity index (χ3n) is 3.44. The Morgan fingerprint density at radius 2 is 2.50 bits per heavy atom. The van der Waals surface area contributed by atoms with E-state index < -0.39 is 0 Å². The van der Waals surface area contributed by atoms with Gasteiger partial charge in [0.15, 0.2) is 0 Å². The van der Waals surface area contributed by atoms with Crippen LogP contribution in [0, 0.1) is 0 Å². The summed E-state index contributed by atoms with van der Waals surface area (Å²) in [4.78, 5) is 17.9. The van der Waals surface area contributed by atoms with Crippen LogP contribution in [0.4, 0.5) is 0 Å². The lowest BCUT2D eigenvalue weighted by atomic mass is 10.1. The van der Waals surface area contributed by atoms with Crippen molar-refractivity contribution in [3.8, 4) is 0 Å². The molecule has 1 aromatic rings. The number of rotatable bonds is 4. The average molecular weight is 295 g/mol. The summed E-state index contributed by atoms with van der Waals surface area (Å²) in [5.41, 5.74) is 0.852. The van der Waals surface area contributed by atoms with Crippen LogP contribution in [0.1, 0.15) is 31.7 Å². The van der Waals surface area contributed by atoms with Crippen LogP contribution in [-0.2, 0) is 4.79 Å². The Labute approximate surface area is 124 Å². The number of aliphatic hydroxyl groups excluding tert-OH is 1. The van der Waals surface area contributed by atoms with Crippen LogP contribution in [0.3, 0.4) is 0 Å². The number of aromatic nitrogens is 1. The minimum Gasteiger partial charge on any atom is -0.393 e. The van der Waals surface area contributed by atoms with Crippen LogP contribution in [0.25, 0.3) is 6.08 Å². The van der Waals surface area contributed by atoms with Gasteiger partial charge in [-0.15, -0.1) is 0 Å². The van der Waals surface area contributed by atoms with Crippen molar-refractivity contribution in [2.24, 2.45) is 0 Å². The number of nitrogens with zero attached hydrogens (tertiary/aromatic N) is 2. The second-order valence-electron chi connectivity index (χ2n) is 5.16. The largest absolute Gasteiger partial charge is 0.393 e. The summed E-state index contributed by atoms with van der Waals surface area (Å²) in [6.45, 7) is 2.52. The Hall–Kier alpha value is -1.39. The van der Waals surface area contributed by atoms with E-state index >= 15 is 0 Å². The summed E-state index contributed by atoms with van der Waals surface area (Å²) < 4.78 is 0. The molecule has 1 N–H and O–H groups in total. The number of likely N-dealkylation sites (tertiary alicyclic amines) is 1. The van der Waals surface area contributed by atoms with Gasteiger partial charge in [0, 0.05) is 24.9 Å². The second-order valence-corrected chi connectivity index (χ2v) is 5.54. The van der Waals surface area contributed by atoms with Gasteiger partial charge >= 0.3 is 0 Å². The molecule has 5 heteroatoms. The standard InChI is InChI=1S/C15H19ClN2O2/c1-11(19)9-13-3-2-8-18(13)15(20)5-4-12-6-7-17-14(16)10-12/h4-7,10-11,13,19H,2-3,8-9H2,1H3/b5-4+. The fraction of sp³-hybridized carbons (Fsp3) is 0.467. The summed E-state index contributed by atoms with van der Waals surface area (Å²) in [6.07, 6.45) is 7.14. The number of amides is 1. The first-order valence-corrected chi connectivity index (χ1v) is 7.22. The van der Waals surface area contributed by atoms with Gasteiger partial charge in [0.1, 0.15) is 5.15 Å². The molecule has 1 aliphatic rings. The van der Waals surface area contributed by atoms with Gasteiger partial charge < -0.3 is 10.0 Å². The highest BCUT2D eigenvalue weighted by molar-refractivity contribution is 6.29. The van der Waals surface area contributed by atoms with E-state index in [4.69, 9.17) is 11.6 Å². The van der Waals surface area contributed by atoms with Crippen molar-refractivity contribution in [2.45, 2.75) is 38.3 Å². The molecule has 1 aliphatic heterocycles. The molecule has 1 aromatic heterocycles. The summed E-state index contributed by atoms with van der Waals surface area (Å²) in [5.74, 6) is -0.0129. The van der Waals surface area contributed by atoms with E-state index in [1.165, 1.54) is 0 Å². The van der Waals surface area contributed by atoms with Gasteiger partial charge in [-0.1, -0.05) is 11.6 Å². The Balaban J connectivity index is 2.00. The second kappa shape index (κ2) is 6.86. The zero-order valence-corrected chi connectivity index (χ0v) is 12.3. The maximum atomic E-state index is 12.2. The third kappa shape index (κ3) is 4.05. The molecule has 108 valence electrons. The summed E-state index contributed by atoms with van der Waals surface area (Å²) in [5, 5.41) is 9.88. The van der Waals surface area contributed by atoms with Crippen LogP contribution in [0.2, 0.25) is 5.15 Å². The lowest BCUT2D eigenvalue weighted by Crippen LogP contribution is -2.36. The monoisotopic (exact) mass is 294 g/mol. The molecule has 20 heavy (non-hydrogen) atoms. The smallest absolute Gasteiger partial charge is 0.246 e. The molecule has 4 nitrogen and oxygen atoms in total. The molecule has 0 saturated carbocycles.